The highest BCUT2D eigenvalue weighted by Gasteiger charge is 2.15. The first-order valence-corrected chi connectivity index (χ1v) is 8.22. The Hall–Kier alpha value is -1.51. The standard InChI is InChI=1S/C18H30N2O/c1-4-10-16(11-5-2)18(21)19-14-9-15-20(3)17-12-7-6-8-13-17/h6-8,12-13,16H,4-5,9-11,14-15H2,1-3H3,(H,19,21). The average Bonchev–Trinajstić information content (AvgIpc) is 2.51. The first kappa shape index (κ1) is 17.5. The van der Waals surface area contributed by atoms with Crippen molar-refractivity contribution in [3.05, 3.63) is 30.3 Å². The van der Waals surface area contributed by atoms with Crippen LogP contribution in [-0.4, -0.2) is 26.0 Å². The maximum Gasteiger partial charge on any atom is 0.223 e. The molecule has 0 saturated carbocycles. The minimum atomic E-state index is 0.201. The van der Waals surface area contributed by atoms with Gasteiger partial charge in [-0.1, -0.05) is 44.9 Å². The van der Waals surface area contributed by atoms with Crippen molar-refractivity contribution in [1.29, 1.82) is 0 Å². The summed E-state index contributed by atoms with van der Waals surface area (Å²) in [5.74, 6) is 0.438. The van der Waals surface area contributed by atoms with Crippen molar-refractivity contribution >= 4 is 11.6 Å². The van der Waals surface area contributed by atoms with Crippen molar-refractivity contribution in [3.63, 3.8) is 0 Å². The van der Waals surface area contributed by atoms with E-state index in [1.54, 1.807) is 0 Å². The van der Waals surface area contributed by atoms with Gasteiger partial charge in [0.05, 0.1) is 0 Å². The summed E-state index contributed by atoms with van der Waals surface area (Å²) >= 11 is 0. The minimum absolute atomic E-state index is 0.201. The second-order valence-corrected chi connectivity index (χ2v) is 5.68. The van der Waals surface area contributed by atoms with E-state index in [0.29, 0.717) is 0 Å². The van der Waals surface area contributed by atoms with Gasteiger partial charge >= 0.3 is 0 Å². The molecular formula is C18H30N2O. The van der Waals surface area contributed by atoms with Gasteiger partial charge in [0.25, 0.3) is 0 Å². The quantitative estimate of drug-likeness (QED) is 0.664. The van der Waals surface area contributed by atoms with Crippen LogP contribution < -0.4 is 10.2 Å². The molecule has 0 atom stereocenters. The molecule has 0 saturated heterocycles. The van der Waals surface area contributed by atoms with Crippen LogP contribution in [0.1, 0.15) is 46.0 Å². The Morgan fingerprint density at radius 2 is 1.76 bits per heavy atom. The number of nitrogens with one attached hydrogen (secondary N) is 1. The van der Waals surface area contributed by atoms with Gasteiger partial charge < -0.3 is 10.2 Å². The second-order valence-electron chi connectivity index (χ2n) is 5.68. The topological polar surface area (TPSA) is 32.3 Å². The van der Waals surface area contributed by atoms with E-state index in [2.05, 4.69) is 43.2 Å². The molecule has 3 nitrogen and oxygen atoms in total. The summed E-state index contributed by atoms with van der Waals surface area (Å²) in [6.45, 7) is 6.01. The van der Waals surface area contributed by atoms with Gasteiger partial charge in [0.1, 0.15) is 0 Å². The molecule has 1 aromatic carbocycles. The van der Waals surface area contributed by atoms with Gasteiger partial charge in [-0.3, -0.25) is 4.79 Å². The van der Waals surface area contributed by atoms with Crippen molar-refractivity contribution in [3.8, 4) is 0 Å². The lowest BCUT2D eigenvalue weighted by Gasteiger charge is -2.20. The Kier molecular flexibility index (Phi) is 8.56. The third-order valence-electron chi connectivity index (χ3n) is 3.81. The highest BCUT2D eigenvalue weighted by molar-refractivity contribution is 5.78. The Bertz CT molecular complexity index is 385. The molecule has 0 unspecified atom stereocenters. The van der Waals surface area contributed by atoms with E-state index >= 15 is 0 Å². The fourth-order valence-corrected chi connectivity index (χ4v) is 2.59. The number of carbonyl (C=O) groups is 1. The van der Waals surface area contributed by atoms with Crippen LogP contribution in [0, 0.1) is 5.92 Å². The first-order valence-electron chi connectivity index (χ1n) is 8.22. The van der Waals surface area contributed by atoms with E-state index in [4.69, 9.17) is 0 Å². The zero-order chi connectivity index (χ0) is 15.5. The van der Waals surface area contributed by atoms with E-state index in [-0.39, 0.29) is 11.8 Å². The third kappa shape index (κ3) is 6.65. The van der Waals surface area contributed by atoms with Crippen LogP contribution in [0.2, 0.25) is 0 Å². The van der Waals surface area contributed by atoms with Crippen LogP contribution in [0.5, 0.6) is 0 Å². The highest BCUT2D eigenvalue weighted by atomic mass is 16.1. The third-order valence-corrected chi connectivity index (χ3v) is 3.81. The average molecular weight is 290 g/mol. The number of hydrogen-bond donors (Lipinski definition) is 1. The van der Waals surface area contributed by atoms with Crippen molar-refractivity contribution in [2.45, 2.75) is 46.0 Å². The van der Waals surface area contributed by atoms with Gasteiger partial charge in [-0.15, -0.1) is 0 Å². The molecule has 0 spiro atoms. The fraction of sp³-hybridized carbons (Fsp3) is 0.611. The van der Waals surface area contributed by atoms with Gasteiger partial charge in [-0.2, -0.15) is 0 Å². The lowest BCUT2D eigenvalue weighted by atomic mass is 9.97. The Labute approximate surface area is 129 Å². The molecule has 0 aliphatic carbocycles. The number of nitrogens with zero attached hydrogens (tertiary/aromatic N) is 1. The molecule has 0 fully saturated rings. The lowest BCUT2D eigenvalue weighted by molar-refractivity contribution is -0.125. The number of anilines is 1. The molecule has 0 radical (unpaired) electrons. The zero-order valence-corrected chi connectivity index (χ0v) is 13.8. The van der Waals surface area contributed by atoms with E-state index in [0.717, 1.165) is 45.2 Å². The van der Waals surface area contributed by atoms with Crippen LogP contribution >= 0.6 is 0 Å². The van der Waals surface area contributed by atoms with Crippen molar-refractivity contribution in [2.75, 3.05) is 25.0 Å². The largest absolute Gasteiger partial charge is 0.375 e. The molecule has 1 aromatic rings. The molecule has 3 heteroatoms. The molecule has 0 aliphatic heterocycles. The molecule has 1 N–H and O–H groups in total. The Morgan fingerprint density at radius 1 is 1.14 bits per heavy atom. The first-order chi connectivity index (χ1) is 10.2. The number of benzene rings is 1. The SMILES string of the molecule is CCCC(CCC)C(=O)NCCCN(C)c1ccccc1. The number of carbonyl (C=O) groups excluding carboxylic acids is 1. The predicted octanol–water partition coefficient (Wildman–Crippen LogP) is 3.85. The van der Waals surface area contributed by atoms with Gasteiger partial charge in [-0.05, 0) is 31.4 Å². The molecule has 0 heterocycles. The number of hydrogen-bond acceptors (Lipinski definition) is 2. The molecule has 1 rings (SSSR count). The number of para-hydroxylation sites is 1. The van der Waals surface area contributed by atoms with Gasteiger partial charge in [0.2, 0.25) is 5.91 Å². The van der Waals surface area contributed by atoms with Crippen LogP contribution in [0.25, 0.3) is 0 Å². The molecule has 0 aliphatic rings. The van der Waals surface area contributed by atoms with Crippen LogP contribution in [-0.2, 0) is 4.79 Å². The van der Waals surface area contributed by atoms with E-state index < -0.39 is 0 Å². The van der Waals surface area contributed by atoms with Crippen molar-refractivity contribution in [1.82, 2.24) is 5.32 Å². The number of rotatable bonds is 10. The zero-order valence-electron chi connectivity index (χ0n) is 13.8. The van der Waals surface area contributed by atoms with Gasteiger partial charge in [-0.25, -0.2) is 0 Å². The van der Waals surface area contributed by atoms with E-state index in [1.807, 2.05) is 18.2 Å². The summed E-state index contributed by atoms with van der Waals surface area (Å²) in [7, 11) is 2.09. The van der Waals surface area contributed by atoms with Crippen LogP contribution in [0.15, 0.2) is 30.3 Å². The smallest absolute Gasteiger partial charge is 0.223 e. The van der Waals surface area contributed by atoms with Gasteiger partial charge in [0.15, 0.2) is 0 Å². The fourth-order valence-electron chi connectivity index (χ4n) is 2.59. The van der Waals surface area contributed by atoms with Gasteiger partial charge in [0, 0.05) is 31.7 Å². The molecule has 118 valence electrons. The maximum atomic E-state index is 12.1. The molecule has 21 heavy (non-hydrogen) atoms. The summed E-state index contributed by atoms with van der Waals surface area (Å²) in [5, 5.41) is 3.09. The summed E-state index contributed by atoms with van der Waals surface area (Å²) < 4.78 is 0. The predicted molar refractivity (Wildman–Crippen MR) is 90.6 cm³/mol. The Morgan fingerprint density at radius 3 is 2.33 bits per heavy atom. The summed E-state index contributed by atoms with van der Waals surface area (Å²) in [4.78, 5) is 14.3. The monoisotopic (exact) mass is 290 g/mol. The molecule has 0 aromatic heterocycles. The van der Waals surface area contributed by atoms with Crippen LogP contribution in [0.3, 0.4) is 0 Å². The molecule has 0 bridgehead atoms. The summed E-state index contributed by atoms with van der Waals surface area (Å²) in [6, 6.07) is 10.3. The second kappa shape index (κ2) is 10.3. The summed E-state index contributed by atoms with van der Waals surface area (Å²) in [5.41, 5.74) is 1.22. The Balaban J connectivity index is 2.25. The van der Waals surface area contributed by atoms with E-state index in [9.17, 15) is 4.79 Å². The molecule has 1 amide bonds. The normalized spacial score (nSPS) is 10.7. The highest BCUT2D eigenvalue weighted by Crippen LogP contribution is 2.14. The minimum Gasteiger partial charge on any atom is -0.375 e. The maximum absolute atomic E-state index is 12.1. The lowest BCUT2D eigenvalue weighted by Crippen LogP contribution is -2.33. The summed E-state index contributed by atoms with van der Waals surface area (Å²) in [6.07, 6.45) is 5.14. The van der Waals surface area contributed by atoms with Crippen molar-refractivity contribution in [2.24, 2.45) is 5.92 Å². The molecular weight excluding hydrogens is 260 g/mol. The van der Waals surface area contributed by atoms with Crippen LogP contribution in [0.4, 0.5) is 5.69 Å². The van der Waals surface area contributed by atoms with Crippen molar-refractivity contribution < 1.29 is 4.79 Å². The number of amides is 1. The van der Waals surface area contributed by atoms with E-state index in [1.165, 1.54) is 5.69 Å².